The van der Waals surface area contributed by atoms with Crippen molar-refractivity contribution in [2.75, 3.05) is 31.5 Å². The van der Waals surface area contributed by atoms with Crippen LogP contribution in [0.25, 0.3) is 0 Å². The lowest BCUT2D eigenvalue weighted by molar-refractivity contribution is 0.203. The maximum Gasteiger partial charge on any atom is 0.0928 e. The van der Waals surface area contributed by atoms with E-state index in [9.17, 15) is 0 Å². The Hall–Kier alpha value is -0.670. The van der Waals surface area contributed by atoms with E-state index in [4.69, 9.17) is 4.74 Å². The highest BCUT2D eigenvalue weighted by Gasteiger charge is 2.17. The number of hydrogen-bond acceptors (Lipinski definition) is 3. The average Bonchev–Trinajstić information content (AvgIpc) is 2.71. The molecule has 1 aromatic rings. The van der Waals surface area contributed by atoms with Crippen LogP contribution in [0.1, 0.15) is 10.8 Å². The first-order valence-electron chi connectivity index (χ1n) is 4.74. The molecule has 1 unspecified atom stereocenters. The minimum atomic E-state index is 0.534. The van der Waals surface area contributed by atoms with Gasteiger partial charge in [0.1, 0.15) is 0 Å². The number of hydrogen-bond donors (Lipinski definition) is 0. The van der Waals surface area contributed by atoms with E-state index in [-0.39, 0.29) is 0 Å². The minimum absolute atomic E-state index is 0.534. The molecule has 0 bridgehead atoms. The van der Waals surface area contributed by atoms with Crippen LogP contribution >= 0.6 is 11.8 Å². The smallest absolute Gasteiger partial charge is 0.0928 e. The zero-order chi connectivity index (χ0) is 9.97. The standard InChI is InChI=1S/C11H15NOS/c1-12(2)10-5-3-9(4-6-10)11-7-13-8-14-11/h3-6,11H,7-8H2,1-2H3. The van der Waals surface area contributed by atoms with Crippen molar-refractivity contribution in [3.8, 4) is 0 Å². The second kappa shape index (κ2) is 4.24. The molecule has 0 saturated carbocycles. The predicted octanol–water partition coefficient (Wildman–Crippen LogP) is 2.51. The second-order valence-electron chi connectivity index (χ2n) is 3.63. The highest BCUT2D eigenvalue weighted by Crippen LogP contribution is 2.34. The lowest BCUT2D eigenvalue weighted by Crippen LogP contribution is -2.08. The summed E-state index contributed by atoms with van der Waals surface area (Å²) in [6.45, 7) is 0.853. The molecule has 1 aliphatic rings. The molecule has 1 aromatic carbocycles. The highest BCUT2D eigenvalue weighted by atomic mass is 32.2. The predicted molar refractivity (Wildman–Crippen MR) is 61.9 cm³/mol. The van der Waals surface area contributed by atoms with Crippen LogP contribution in [-0.4, -0.2) is 26.6 Å². The Labute approximate surface area is 89.2 Å². The van der Waals surface area contributed by atoms with E-state index in [1.165, 1.54) is 11.3 Å². The quantitative estimate of drug-likeness (QED) is 0.742. The van der Waals surface area contributed by atoms with Gasteiger partial charge in [-0.2, -0.15) is 0 Å². The van der Waals surface area contributed by atoms with Gasteiger partial charge in [0.25, 0.3) is 0 Å². The fourth-order valence-electron chi connectivity index (χ4n) is 1.51. The van der Waals surface area contributed by atoms with E-state index < -0.39 is 0 Å². The topological polar surface area (TPSA) is 12.5 Å². The van der Waals surface area contributed by atoms with Gasteiger partial charge >= 0.3 is 0 Å². The van der Waals surface area contributed by atoms with Crippen molar-refractivity contribution in [2.45, 2.75) is 5.25 Å². The van der Waals surface area contributed by atoms with Gasteiger partial charge in [-0.05, 0) is 17.7 Å². The minimum Gasteiger partial charge on any atom is -0.378 e. The monoisotopic (exact) mass is 209 g/mol. The summed E-state index contributed by atoms with van der Waals surface area (Å²) in [5.74, 6) is 0.833. The molecule has 76 valence electrons. The van der Waals surface area contributed by atoms with E-state index in [2.05, 4.69) is 43.3 Å². The molecule has 1 heterocycles. The van der Waals surface area contributed by atoms with Crippen molar-refractivity contribution in [2.24, 2.45) is 0 Å². The number of rotatable bonds is 2. The third-order valence-corrected chi connectivity index (χ3v) is 3.52. The molecule has 1 atom stereocenters. The van der Waals surface area contributed by atoms with Gasteiger partial charge in [-0.1, -0.05) is 12.1 Å². The molecule has 0 amide bonds. The van der Waals surface area contributed by atoms with Crippen LogP contribution in [0.5, 0.6) is 0 Å². The van der Waals surface area contributed by atoms with E-state index in [0.717, 1.165) is 12.5 Å². The average molecular weight is 209 g/mol. The SMILES string of the molecule is CN(C)c1ccc(C2COCS2)cc1. The Morgan fingerprint density at radius 2 is 2.00 bits per heavy atom. The molecule has 1 fully saturated rings. The number of thioether (sulfide) groups is 1. The summed E-state index contributed by atoms with van der Waals surface area (Å²) >= 11 is 1.87. The van der Waals surface area contributed by atoms with E-state index >= 15 is 0 Å². The molecule has 3 heteroatoms. The van der Waals surface area contributed by atoms with Crippen LogP contribution in [0.3, 0.4) is 0 Å². The number of nitrogens with zero attached hydrogens (tertiary/aromatic N) is 1. The van der Waals surface area contributed by atoms with Gasteiger partial charge in [0, 0.05) is 19.8 Å². The van der Waals surface area contributed by atoms with Crippen LogP contribution < -0.4 is 4.90 Å². The number of benzene rings is 1. The molecule has 0 aromatic heterocycles. The molecule has 0 radical (unpaired) electrons. The van der Waals surface area contributed by atoms with Gasteiger partial charge in [0.05, 0.1) is 17.8 Å². The van der Waals surface area contributed by atoms with Gasteiger partial charge in [0.15, 0.2) is 0 Å². The largest absolute Gasteiger partial charge is 0.378 e. The zero-order valence-electron chi connectivity index (χ0n) is 8.56. The second-order valence-corrected chi connectivity index (χ2v) is 4.77. The van der Waals surface area contributed by atoms with Crippen molar-refractivity contribution in [3.63, 3.8) is 0 Å². The van der Waals surface area contributed by atoms with Crippen molar-refractivity contribution >= 4 is 17.4 Å². The fraction of sp³-hybridized carbons (Fsp3) is 0.455. The number of anilines is 1. The summed E-state index contributed by atoms with van der Waals surface area (Å²) in [6, 6.07) is 8.71. The molecule has 0 aliphatic carbocycles. The molecule has 0 N–H and O–H groups in total. The zero-order valence-corrected chi connectivity index (χ0v) is 9.38. The number of ether oxygens (including phenoxy) is 1. The first-order valence-corrected chi connectivity index (χ1v) is 5.79. The maximum atomic E-state index is 5.34. The van der Waals surface area contributed by atoms with Gasteiger partial charge < -0.3 is 9.64 Å². The normalized spacial score (nSPS) is 21.1. The Kier molecular flexibility index (Phi) is 2.99. The van der Waals surface area contributed by atoms with Gasteiger partial charge in [0.2, 0.25) is 0 Å². The molecule has 14 heavy (non-hydrogen) atoms. The van der Waals surface area contributed by atoms with Crippen LogP contribution in [-0.2, 0) is 4.74 Å². The summed E-state index contributed by atoms with van der Waals surface area (Å²) < 4.78 is 5.34. The molecular weight excluding hydrogens is 194 g/mol. The summed E-state index contributed by atoms with van der Waals surface area (Å²) in [5.41, 5.74) is 2.62. The van der Waals surface area contributed by atoms with Crippen molar-refractivity contribution in [3.05, 3.63) is 29.8 Å². The van der Waals surface area contributed by atoms with E-state index in [1.807, 2.05) is 11.8 Å². The summed E-state index contributed by atoms with van der Waals surface area (Å²) in [5, 5.41) is 0.534. The van der Waals surface area contributed by atoms with Crippen LogP contribution in [0.4, 0.5) is 5.69 Å². The maximum absolute atomic E-state index is 5.34. The van der Waals surface area contributed by atoms with Crippen molar-refractivity contribution in [1.29, 1.82) is 0 Å². The molecule has 1 aliphatic heterocycles. The first-order chi connectivity index (χ1) is 6.77. The Balaban J connectivity index is 2.12. The highest BCUT2D eigenvalue weighted by molar-refractivity contribution is 7.99. The molecular formula is C11H15NOS. The Bertz CT molecular complexity index is 291. The van der Waals surface area contributed by atoms with Gasteiger partial charge in [-0.25, -0.2) is 0 Å². The molecule has 0 spiro atoms. The van der Waals surface area contributed by atoms with E-state index in [1.54, 1.807) is 0 Å². The Morgan fingerprint density at radius 1 is 1.29 bits per heavy atom. The molecule has 1 saturated heterocycles. The summed E-state index contributed by atoms with van der Waals surface area (Å²) in [4.78, 5) is 2.11. The fourth-order valence-corrected chi connectivity index (χ4v) is 2.41. The van der Waals surface area contributed by atoms with Crippen LogP contribution in [0.2, 0.25) is 0 Å². The van der Waals surface area contributed by atoms with Crippen molar-refractivity contribution in [1.82, 2.24) is 0 Å². The molecule has 2 rings (SSSR count). The van der Waals surface area contributed by atoms with Crippen LogP contribution in [0, 0.1) is 0 Å². The lowest BCUT2D eigenvalue weighted by Gasteiger charge is -2.14. The summed E-state index contributed by atoms with van der Waals surface area (Å²) in [6.07, 6.45) is 0. The Morgan fingerprint density at radius 3 is 2.50 bits per heavy atom. The van der Waals surface area contributed by atoms with Crippen LogP contribution in [0.15, 0.2) is 24.3 Å². The lowest BCUT2D eigenvalue weighted by atomic mass is 10.1. The van der Waals surface area contributed by atoms with Gasteiger partial charge in [-0.3, -0.25) is 0 Å². The molecule has 2 nitrogen and oxygen atoms in total. The van der Waals surface area contributed by atoms with Gasteiger partial charge in [-0.15, -0.1) is 11.8 Å². The van der Waals surface area contributed by atoms with E-state index in [0.29, 0.717) is 5.25 Å². The first kappa shape index (κ1) is 9.87. The van der Waals surface area contributed by atoms with Crippen molar-refractivity contribution < 1.29 is 4.74 Å². The third-order valence-electron chi connectivity index (χ3n) is 2.40. The summed E-state index contributed by atoms with van der Waals surface area (Å²) in [7, 11) is 4.12. The third kappa shape index (κ3) is 2.04.